The first-order valence-corrected chi connectivity index (χ1v) is 7.58. The third-order valence-corrected chi connectivity index (χ3v) is 4.59. The number of anilines is 1. The van der Waals surface area contributed by atoms with Crippen molar-refractivity contribution >= 4 is 27.7 Å². The van der Waals surface area contributed by atoms with Gasteiger partial charge in [0.05, 0.1) is 9.40 Å². The van der Waals surface area contributed by atoms with Crippen LogP contribution in [0.25, 0.3) is 6.08 Å². The number of nitrogens with zero attached hydrogens (tertiary/aromatic N) is 1. The Hall–Kier alpha value is -2.34. The molecule has 0 aliphatic carbocycles. The molecule has 2 aromatic carbocycles. The smallest absolute Gasteiger partial charge is 0.311 e. The fourth-order valence-electron chi connectivity index (χ4n) is 2.98. The predicted octanol–water partition coefficient (Wildman–Crippen LogP) is 3.82. The second-order valence-electron chi connectivity index (χ2n) is 5.33. The van der Waals surface area contributed by atoms with Gasteiger partial charge in [-0.3, -0.25) is 10.1 Å². The van der Waals surface area contributed by atoms with Crippen LogP contribution in [0, 0.1) is 10.1 Å². The molecule has 0 fully saturated rings. The van der Waals surface area contributed by atoms with Gasteiger partial charge in [0.2, 0.25) is 0 Å². The maximum absolute atomic E-state index is 11.6. The summed E-state index contributed by atoms with van der Waals surface area (Å²) in [5, 5.41) is 14.8. The maximum Gasteiger partial charge on any atom is 0.311 e. The first-order chi connectivity index (χ1) is 10.6. The van der Waals surface area contributed by atoms with Crippen LogP contribution in [0.15, 0.2) is 52.6 Å². The minimum atomic E-state index is -1.16. The van der Waals surface area contributed by atoms with Crippen molar-refractivity contribution in [1.29, 1.82) is 0 Å². The molecule has 0 amide bonds. The fraction of sp³-hybridized carbons (Fsp3) is 0.125. The molecule has 2 heterocycles. The van der Waals surface area contributed by atoms with Gasteiger partial charge in [0.1, 0.15) is 5.75 Å². The lowest BCUT2D eigenvalue weighted by atomic mass is 9.98. The van der Waals surface area contributed by atoms with E-state index in [1.54, 1.807) is 12.1 Å². The number of nitro groups is 1. The summed E-state index contributed by atoms with van der Waals surface area (Å²) in [4.78, 5) is 11.2. The van der Waals surface area contributed by atoms with Crippen molar-refractivity contribution in [2.24, 2.45) is 0 Å². The van der Waals surface area contributed by atoms with Gasteiger partial charge in [-0.25, -0.2) is 0 Å². The van der Waals surface area contributed by atoms with Gasteiger partial charge in [-0.05, 0) is 33.6 Å². The first-order valence-electron chi connectivity index (χ1n) is 6.79. The number of para-hydroxylation sites is 2. The van der Waals surface area contributed by atoms with Gasteiger partial charge < -0.3 is 10.1 Å². The lowest BCUT2D eigenvalue weighted by Gasteiger charge is -2.32. The highest BCUT2D eigenvalue weighted by atomic mass is 79.9. The highest BCUT2D eigenvalue weighted by molar-refractivity contribution is 9.10. The Morgan fingerprint density at radius 1 is 1.23 bits per heavy atom. The third-order valence-electron chi connectivity index (χ3n) is 3.97. The molecular weight excluding hydrogens is 348 g/mol. The highest BCUT2D eigenvalue weighted by Gasteiger charge is 2.52. The third kappa shape index (κ3) is 1.84. The summed E-state index contributed by atoms with van der Waals surface area (Å²) in [6, 6.07) is 13.2. The number of ether oxygens (including phenoxy) is 1. The van der Waals surface area contributed by atoms with E-state index < -0.39 is 5.72 Å². The number of benzene rings is 2. The van der Waals surface area contributed by atoms with E-state index in [0.29, 0.717) is 17.7 Å². The number of nitrogens with one attached hydrogen (secondary N) is 1. The van der Waals surface area contributed by atoms with Crippen molar-refractivity contribution < 1.29 is 9.66 Å². The van der Waals surface area contributed by atoms with E-state index in [9.17, 15) is 10.1 Å². The lowest BCUT2D eigenvalue weighted by Crippen LogP contribution is -2.48. The van der Waals surface area contributed by atoms with Crippen LogP contribution >= 0.6 is 15.9 Å². The Kier molecular flexibility index (Phi) is 2.77. The summed E-state index contributed by atoms with van der Waals surface area (Å²) < 4.78 is 6.88. The van der Waals surface area contributed by atoms with Crippen molar-refractivity contribution in [2.45, 2.75) is 12.1 Å². The van der Waals surface area contributed by atoms with Crippen molar-refractivity contribution in [3.8, 4) is 5.75 Å². The fourth-order valence-corrected chi connectivity index (χ4v) is 3.44. The molecule has 0 aromatic heterocycles. The molecule has 22 heavy (non-hydrogen) atoms. The number of hydrogen-bond donors (Lipinski definition) is 1. The molecule has 5 nitrogen and oxygen atoms in total. The zero-order valence-corrected chi connectivity index (χ0v) is 13.0. The normalized spacial score (nSPS) is 21.4. The van der Waals surface area contributed by atoms with Crippen LogP contribution in [-0.2, 0) is 6.42 Å². The predicted molar refractivity (Wildman–Crippen MR) is 86.2 cm³/mol. The molecule has 2 aliphatic rings. The average Bonchev–Trinajstić information content (AvgIpc) is 2.85. The minimum absolute atomic E-state index is 0.0225. The number of fused-ring (bicyclic) bond motifs is 2. The Morgan fingerprint density at radius 3 is 2.82 bits per heavy atom. The summed E-state index contributed by atoms with van der Waals surface area (Å²) in [6.45, 7) is 0. The van der Waals surface area contributed by atoms with E-state index in [1.807, 2.05) is 36.4 Å². The van der Waals surface area contributed by atoms with Crippen molar-refractivity contribution in [2.75, 3.05) is 5.32 Å². The Bertz CT molecular complexity index is 807. The SMILES string of the molecule is O=[N+]([O-])C1=Cc2cccc(Br)c2OC12Cc1ccccc1N2. The topological polar surface area (TPSA) is 64.4 Å². The van der Waals surface area contributed by atoms with Gasteiger partial charge in [0.25, 0.3) is 5.72 Å². The molecule has 0 saturated carbocycles. The lowest BCUT2D eigenvalue weighted by molar-refractivity contribution is -0.439. The summed E-state index contributed by atoms with van der Waals surface area (Å²) >= 11 is 3.45. The summed E-state index contributed by atoms with van der Waals surface area (Å²) in [5.41, 5.74) is 1.43. The molecule has 0 bridgehead atoms. The summed E-state index contributed by atoms with van der Waals surface area (Å²) in [6.07, 6.45) is 2.00. The number of rotatable bonds is 1. The largest absolute Gasteiger partial charge is 0.455 e. The van der Waals surface area contributed by atoms with E-state index in [1.165, 1.54) is 0 Å². The summed E-state index contributed by atoms with van der Waals surface area (Å²) in [5.74, 6) is 0.619. The van der Waals surface area contributed by atoms with Crippen LogP contribution in [0.2, 0.25) is 0 Å². The zero-order chi connectivity index (χ0) is 15.3. The van der Waals surface area contributed by atoms with Crippen molar-refractivity contribution in [3.05, 3.63) is 73.9 Å². The molecule has 2 aliphatic heterocycles. The molecule has 6 heteroatoms. The Labute approximate surface area is 134 Å². The van der Waals surface area contributed by atoms with Gasteiger partial charge in [0, 0.05) is 23.7 Å². The molecule has 1 N–H and O–H groups in total. The van der Waals surface area contributed by atoms with Crippen molar-refractivity contribution in [1.82, 2.24) is 0 Å². The van der Waals surface area contributed by atoms with Crippen molar-refractivity contribution in [3.63, 3.8) is 0 Å². The molecule has 1 spiro atoms. The molecule has 0 saturated heterocycles. The van der Waals surface area contributed by atoms with E-state index in [-0.39, 0.29) is 10.6 Å². The van der Waals surface area contributed by atoms with Crippen LogP contribution < -0.4 is 10.1 Å². The molecule has 1 unspecified atom stereocenters. The van der Waals surface area contributed by atoms with Crippen LogP contribution in [0.5, 0.6) is 5.75 Å². The van der Waals surface area contributed by atoms with E-state index >= 15 is 0 Å². The second-order valence-corrected chi connectivity index (χ2v) is 6.19. The number of hydrogen-bond acceptors (Lipinski definition) is 4. The zero-order valence-electron chi connectivity index (χ0n) is 11.4. The molecule has 110 valence electrons. The second kappa shape index (κ2) is 4.58. The standard InChI is InChI=1S/C16H11BrN2O3/c17-12-6-3-5-10-8-14(19(20)21)16(22-15(10)12)9-11-4-1-2-7-13(11)18-16/h1-8,18H,9H2. The molecule has 4 rings (SSSR count). The van der Waals surface area contributed by atoms with E-state index in [2.05, 4.69) is 21.2 Å². The summed E-state index contributed by atoms with van der Waals surface area (Å²) in [7, 11) is 0. The molecule has 0 radical (unpaired) electrons. The minimum Gasteiger partial charge on any atom is -0.455 e. The number of halogens is 1. The quantitative estimate of drug-likeness (QED) is 0.621. The van der Waals surface area contributed by atoms with Gasteiger partial charge >= 0.3 is 5.70 Å². The van der Waals surface area contributed by atoms with Crippen LogP contribution in [0.3, 0.4) is 0 Å². The first kappa shape index (κ1) is 13.3. The van der Waals surface area contributed by atoms with Gasteiger partial charge in [-0.2, -0.15) is 0 Å². The maximum atomic E-state index is 11.6. The van der Waals surface area contributed by atoms with E-state index in [4.69, 9.17) is 4.74 Å². The van der Waals surface area contributed by atoms with Gasteiger partial charge in [-0.1, -0.05) is 30.3 Å². The van der Waals surface area contributed by atoms with Gasteiger partial charge in [0.15, 0.2) is 0 Å². The van der Waals surface area contributed by atoms with Crippen LogP contribution in [0.4, 0.5) is 5.69 Å². The Balaban J connectivity index is 1.88. The van der Waals surface area contributed by atoms with Crippen LogP contribution in [-0.4, -0.2) is 10.6 Å². The molecule has 2 aromatic rings. The monoisotopic (exact) mass is 358 g/mol. The average molecular weight is 359 g/mol. The van der Waals surface area contributed by atoms with E-state index in [0.717, 1.165) is 15.7 Å². The van der Waals surface area contributed by atoms with Gasteiger partial charge in [-0.15, -0.1) is 0 Å². The highest BCUT2D eigenvalue weighted by Crippen LogP contribution is 2.45. The molecule has 1 atom stereocenters. The van der Waals surface area contributed by atoms with Crippen LogP contribution in [0.1, 0.15) is 11.1 Å². The molecular formula is C16H11BrN2O3. The Morgan fingerprint density at radius 2 is 2.05 bits per heavy atom.